The molecule has 4 rings (SSSR count). The molecule has 2 N–H and O–H groups in total. The fourth-order valence-electron chi connectivity index (χ4n) is 4.34. The van der Waals surface area contributed by atoms with Gasteiger partial charge in [0.25, 0.3) is 0 Å². The van der Waals surface area contributed by atoms with Crippen LogP contribution in [0.3, 0.4) is 0 Å². The van der Waals surface area contributed by atoms with Gasteiger partial charge in [0.2, 0.25) is 5.91 Å². The van der Waals surface area contributed by atoms with Crippen LogP contribution in [0.4, 0.5) is 26.2 Å². The number of hydrogen-bond donors (Lipinski definition) is 2. The minimum Gasteiger partial charge on any atom is -0.442 e. The second-order valence-corrected chi connectivity index (χ2v) is 8.60. The number of nitriles is 1. The van der Waals surface area contributed by atoms with Crippen LogP contribution < -0.4 is 20.4 Å². The zero-order valence-corrected chi connectivity index (χ0v) is 19.3. The first kappa shape index (κ1) is 23.8. The highest BCUT2D eigenvalue weighted by atomic mass is 19.1. The van der Waals surface area contributed by atoms with Crippen molar-refractivity contribution in [3.05, 3.63) is 65.3 Å². The van der Waals surface area contributed by atoms with E-state index < -0.39 is 23.7 Å². The Balaban J connectivity index is 1.42. The van der Waals surface area contributed by atoms with Gasteiger partial charge < -0.3 is 20.3 Å². The van der Waals surface area contributed by atoms with Gasteiger partial charge in [0, 0.05) is 20.0 Å². The molecular formula is C25H25FN6O3. The number of amides is 2. The largest absolute Gasteiger partial charge is 0.442 e. The van der Waals surface area contributed by atoms with E-state index in [1.54, 1.807) is 30.3 Å². The van der Waals surface area contributed by atoms with Gasteiger partial charge in [-0.2, -0.15) is 5.26 Å². The number of rotatable bonds is 6. The maximum absolute atomic E-state index is 15.1. The smallest absolute Gasteiger partial charge is 0.414 e. The van der Waals surface area contributed by atoms with Gasteiger partial charge in [0.05, 0.1) is 48.6 Å². The highest BCUT2D eigenvalue weighted by Crippen LogP contribution is 2.34. The third-order valence-electron chi connectivity index (χ3n) is 6.26. The third kappa shape index (κ3) is 5.12. The van der Waals surface area contributed by atoms with E-state index >= 15 is 4.39 Å². The number of cyclic esters (lactones) is 1. The van der Waals surface area contributed by atoms with Crippen molar-refractivity contribution in [2.24, 2.45) is 0 Å². The second kappa shape index (κ2) is 9.90. The van der Waals surface area contributed by atoms with E-state index in [2.05, 4.69) is 21.5 Å². The lowest BCUT2D eigenvalue weighted by Gasteiger charge is -2.36. The number of hydrogen-bond acceptors (Lipinski definition) is 6. The fourth-order valence-corrected chi connectivity index (χ4v) is 4.34. The Labute approximate surface area is 202 Å². The van der Waals surface area contributed by atoms with Gasteiger partial charge in [-0.05, 0) is 30.3 Å². The molecule has 0 bridgehead atoms. The molecule has 0 spiro atoms. The molecule has 0 saturated carbocycles. The van der Waals surface area contributed by atoms with Crippen LogP contribution in [0.25, 0.3) is 4.85 Å². The number of carbonyl (C=O) groups excluding carboxylic acids is 2. The number of benzene rings is 2. The molecule has 0 unspecified atom stereocenters. The molecule has 2 aromatic rings. The summed E-state index contributed by atoms with van der Waals surface area (Å²) in [5.41, 5.74) is 0.988. The first-order valence-corrected chi connectivity index (χ1v) is 11.3. The van der Waals surface area contributed by atoms with Gasteiger partial charge in [-0.25, -0.2) is 15.8 Å². The SMILES string of the molecule is [C-]#[N+]C1(Nc2ccccc2C#N)CCN(c2ccc(N3C[C@H](CNC(C)=O)OC3=O)cc2F)CC1. The molecule has 2 amide bonds. The number of halogens is 1. The maximum atomic E-state index is 15.1. The molecule has 0 radical (unpaired) electrons. The number of nitrogens with one attached hydrogen (secondary N) is 2. The molecule has 10 heteroatoms. The van der Waals surface area contributed by atoms with E-state index in [0.717, 1.165) is 0 Å². The molecular weight excluding hydrogens is 451 g/mol. The van der Waals surface area contributed by atoms with Crippen LogP contribution in [0.5, 0.6) is 0 Å². The van der Waals surface area contributed by atoms with Gasteiger partial charge >= 0.3 is 11.8 Å². The first-order chi connectivity index (χ1) is 16.8. The third-order valence-corrected chi connectivity index (χ3v) is 6.26. The Morgan fingerprint density at radius 1 is 1.31 bits per heavy atom. The molecule has 2 heterocycles. The van der Waals surface area contributed by atoms with Crippen LogP contribution in [0.1, 0.15) is 25.3 Å². The lowest BCUT2D eigenvalue weighted by atomic mass is 9.96. The molecule has 2 fully saturated rings. The Bertz CT molecular complexity index is 1210. The maximum Gasteiger partial charge on any atom is 0.414 e. The Hall–Kier alpha value is -4.31. The number of piperidine rings is 1. The number of ether oxygens (including phenoxy) is 1. The Morgan fingerprint density at radius 2 is 2.06 bits per heavy atom. The zero-order chi connectivity index (χ0) is 25.0. The molecule has 35 heavy (non-hydrogen) atoms. The molecule has 2 aromatic carbocycles. The molecule has 0 aromatic heterocycles. The van der Waals surface area contributed by atoms with E-state index in [1.807, 2.05) is 11.0 Å². The minimum absolute atomic E-state index is 0.196. The molecule has 1 atom stereocenters. The van der Waals surface area contributed by atoms with Crippen molar-refractivity contribution in [2.45, 2.75) is 31.5 Å². The van der Waals surface area contributed by atoms with E-state index in [9.17, 15) is 14.9 Å². The summed E-state index contributed by atoms with van der Waals surface area (Å²) in [6.07, 6.45) is -0.200. The predicted octanol–water partition coefficient (Wildman–Crippen LogP) is 3.49. The zero-order valence-electron chi connectivity index (χ0n) is 19.3. The number of carbonyl (C=O) groups is 2. The predicted molar refractivity (Wildman–Crippen MR) is 128 cm³/mol. The quantitative estimate of drug-likeness (QED) is 0.619. The summed E-state index contributed by atoms with van der Waals surface area (Å²) in [6.45, 7) is 10.5. The molecule has 9 nitrogen and oxygen atoms in total. The summed E-state index contributed by atoms with van der Waals surface area (Å²) in [4.78, 5) is 30.4. The van der Waals surface area contributed by atoms with E-state index in [4.69, 9.17) is 11.3 Å². The van der Waals surface area contributed by atoms with Crippen LogP contribution in [0.15, 0.2) is 42.5 Å². The van der Waals surface area contributed by atoms with E-state index in [-0.39, 0.29) is 19.0 Å². The molecule has 2 aliphatic rings. The standard InChI is InChI=1S/C25H25FN6O3/c1-17(33)29-15-20-16-32(24(34)35-20)19-7-8-23(21(26)13-19)31-11-9-25(28-2,10-12-31)30-22-6-4-3-5-18(22)14-27/h3-8,13,20,30H,9-12,15-16H2,1H3,(H,29,33)/t20-/m0/s1. The van der Waals surface area contributed by atoms with Crippen molar-refractivity contribution >= 4 is 29.1 Å². The van der Waals surface area contributed by atoms with Crippen LogP contribution in [-0.4, -0.2) is 49.9 Å². The topological polar surface area (TPSA) is 102 Å². The van der Waals surface area contributed by atoms with Crippen molar-refractivity contribution in [3.63, 3.8) is 0 Å². The van der Waals surface area contributed by atoms with Crippen LogP contribution in [0, 0.1) is 23.7 Å². The van der Waals surface area contributed by atoms with Crippen LogP contribution >= 0.6 is 0 Å². The van der Waals surface area contributed by atoms with Crippen molar-refractivity contribution in [2.75, 3.05) is 41.3 Å². The van der Waals surface area contributed by atoms with Gasteiger partial charge in [-0.3, -0.25) is 14.5 Å². The van der Waals surface area contributed by atoms with E-state index in [1.165, 1.54) is 17.9 Å². The summed E-state index contributed by atoms with van der Waals surface area (Å²) in [5, 5.41) is 15.2. The van der Waals surface area contributed by atoms with Crippen molar-refractivity contribution in [1.29, 1.82) is 5.26 Å². The van der Waals surface area contributed by atoms with Crippen molar-refractivity contribution < 1.29 is 18.7 Å². The lowest BCUT2D eigenvalue weighted by molar-refractivity contribution is -0.119. The number of nitrogens with zero attached hydrogens (tertiary/aromatic N) is 4. The highest BCUT2D eigenvalue weighted by molar-refractivity contribution is 5.90. The molecule has 2 saturated heterocycles. The van der Waals surface area contributed by atoms with E-state index in [0.29, 0.717) is 48.6 Å². The Morgan fingerprint density at radius 3 is 2.71 bits per heavy atom. The molecule has 180 valence electrons. The van der Waals surface area contributed by atoms with Gasteiger partial charge in [0.15, 0.2) is 0 Å². The summed E-state index contributed by atoms with van der Waals surface area (Å²) in [6, 6.07) is 13.8. The van der Waals surface area contributed by atoms with Gasteiger partial charge in [-0.15, -0.1) is 0 Å². The minimum atomic E-state index is -0.873. The average Bonchev–Trinajstić information content (AvgIpc) is 3.24. The fraction of sp³-hybridized carbons (Fsp3) is 0.360. The van der Waals surface area contributed by atoms with Crippen LogP contribution in [0.2, 0.25) is 0 Å². The monoisotopic (exact) mass is 476 g/mol. The van der Waals surface area contributed by atoms with Gasteiger partial charge in [-0.1, -0.05) is 12.1 Å². The summed E-state index contributed by atoms with van der Waals surface area (Å²) >= 11 is 0. The average molecular weight is 477 g/mol. The molecule has 2 aliphatic heterocycles. The van der Waals surface area contributed by atoms with Crippen molar-refractivity contribution in [3.8, 4) is 6.07 Å². The first-order valence-electron chi connectivity index (χ1n) is 11.3. The van der Waals surface area contributed by atoms with Crippen LogP contribution in [-0.2, 0) is 9.53 Å². The van der Waals surface area contributed by atoms with Crippen molar-refractivity contribution in [1.82, 2.24) is 5.32 Å². The normalized spacial score (nSPS) is 18.9. The lowest BCUT2D eigenvalue weighted by Crippen LogP contribution is -2.47. The van der Waals surface area contributed by atoms with Gasteiger partial charge in [0.1, 0.15) is 18.0 Å². The molecule has 0 aliphatic carbocycles. The highest BCUT2D eigenvalue weighted by Gasteiger charge is 2.41. The number of anilines is 3. The number of para-hydroxylation sites is 1. The second-order valence-electron chi connectivity index (χ2n) is 8.60. The Kier molecular flexibility index (Phi) is 6.74. The summed E-state index contributed by atoms with van der Waals surface area (Å²) < 4.78 is 20.3. The summed E-state index contributed by atoms with van der Waals surface area (Å²) in [7, 11) is 0. The summed E-state index contributed by atoms with van der Waals surface area (Å²) in [5.74, 6) is -0.693.